The van der Waals surface area contributed by atoms with Crippen LogP contribution in [0.2, 0.25) is 0 Å². The Balaban J connectivity index is 1.10. The van der Waals surface area contributed by atoms with E-state index in [2.05, 4.69) is 18.8 Å². The number of aliphatic carboxylic acids is 2. The van der Waals surface area contributed by atoms with E-state index >= 15 is 0 Å². The number of hydrogen-bond acceptors (Lipinski definition) is 24. The van der Waals surface area contributed by atoms with Crippen molar-refractivity contribution in [2.24, 2.45) is 10.2 Å². The van der Waals surface area contributed by atoms with Crippen molar-refractivity contribution in [1.29, 1.82) is 0 Å². The molecule has 44 heteroatoms. The van der Waals surface area contributed by atoms with Gasteiger partial charge in [0.1, 0.15) is 9.79 Å². The second-order valence-corrected chi connectivity index (χ2v) is 24.6. The Morgan fingerprint density at radius 1 is 0.452 bits per heavy atom. The number of carboxylic acid groups (broad SMARTS) is 4. The first-order valence-corrected chi connectivity index (χ1v) is 29.7. The number of allylic oxidation sites excluding steroid dienone is 4. The largest absolute Gasteiger partial charge is 0.477 e. The highest BCUT2D eigenvalue weighted by molar-refractivity contribution is 7.87. The van der Waals surface area contributed by atoms with E-state index in [0.717, 1.165) is 0 Å². The van der Waals surface area contributed by atoms with Crippen LogP contribution < -0.4 is 11.1 Å². The van der Waals surface area contributed by atoms with E-state index in [1.807, 2.05) is 10.2 Å². The van der Waals surface area contributed by atoms with Crippen LogP contribution in [0.25, 0.3) is 23.5 Å². The van der Waals surface area contributed by atoms with Crippen LogP contribution in [0.3, 0.4) is 0 Å². The Hall–Kier alpha value is -9.74. The van der Waals surface area contributed by atoms with Gasteiger partial charge in [-0.25, -0.2) is 28.5 Å². The summed E-state index contributed by atoms with van der Waals surface area (Å²) in [6, 6.07) is 4.47. The van der Waals surface area contributed by atoms with Crippen LogP contribution in [-0.4, -0.2) is 166 Å². The van der Waals surface area contributed by atoms with Gasteiger partial charge in [-0.1, -0.05) is 22.5 Å². The number of aromatic carboxylic acids is 2. The molecule has 38 nitrogen and oxygen atoms in total. The van der Waals surface area contributed by atoms with Crippen LogP contribution in [0, 0.1) is 0 Å². The molecule has 0 saturated carbocycles. The smallest absolute Gasteiger partial charge is 0.357 e. The third-order valence-corrected chi connectivity index (χ3v) is 16.5. The SMILES string of the molecule is O=C(O)C1=NN(OS(=O)(=O)c2ccc(S(=O)(=O)ON3N=C(C(=O)O)C(=CC=Cc4c(C(=O)O)[nH]n(-c5cc(S(=O)(=O)O)ccc5S(=O)(=O)O)c4=O)C3=O)cc2)C(=O)C1=CC=Cc1c(C(=O)O)[nH]n(-c2cc(S(=O)(=O)O)ccc2S(=O)(=O)O)c1=O. The van der Waals surface area contributed by atoms with Gasteiger partial charge in [0.25, 0.3) is 51.6 Å². The number of rotatable bonds is 20. The summed E-state index contributed by atoms with van der Waals surface area (Å²) in [6.07, 6.45) is 3.48. The van der Waals surface area contributed by atoms with Crippen molar-refractivity contribution in [3.05, 3.63) is 139 Å². The molecule has 2 aliphatic heterocycles. The predicted octanol–water partition coefficient (Wildman–Crippen LogP) is -1.89. The van der Waals surface area contributed by atoms with Gasteiger partial charge < -0.3 is 20.4 Å². The molecular formula is C40H26N8O30S6. The normalized spacial score (nSPS) is 15.7. The highest BCUT2D eigenvalue weighted by Gasteiger charge is 2.40. The van der Waals surface area contributed by atoms with Crippen LogP contribution in [0.15, 0.2) is 145 Å². The van der Waals surface area contributed by atoms with E-state index in [1.54, 1.807) is 0 Å². The zero-order chi connectivity index (χ0) is 62.7. The van der Waals surface area contributed by atoms with Gasteiger partial charge in [0.2, 0.25) is 0 Å². The summed E-state index contributed by atoms with van der Waals surface area (Å²) in [6.45, 7) is 0. The van der Waals surface area contributed by atoms with Crippen LogP contribution >= 0.6 is 0 Å². The van der Waals surface area contributed by atoms with Crippen molar-refractivity contribution in [2.45, 2.75) is 29.4 Å². The molecule has 0 atom stereocenters. The fraction of sp³-hybridized carbons (Fsp3) is 0. The fourth-order valence-electron chi connectivity index (χ4n) is 7.01. The highest BCUT2D eigenvalue weighted by atomic mass is 32.2. The molecule has 7 rings (SSSR count). The molecule has 0 saturated heterocycles. The number of benzene rings is 3. The molecule has 84 heavy (non-hydrogen) atoms. The molecule has 0 bridgehead atoms. The highest BCUT2D eigenvalue weighted by Crippen LogP contribution is 2.28. The first-order valence-electron chi connectivity index (χ1n) is 21.1. The summed E-state index contributed by atoms with van der Waals surface area (Å²) < 4.78 is 196. The number of carboxylic acids is 4. The van der Waals surface area contributed by atoms with Crippen molar-refractivity contribution in [2.75, 3.05) is 0 Å². The summed E-state index contributed by atoms with van der Waals surface area (Å²) in [4.78, 5) is 95.3. The molecule has 5 aromatic rings. The second kappa shape index (κ2) is 21.9. The minimum Gasteiger partial charge on any atom is -0.477 e. The molecule has 3 aromatic carbocycles. The lowest BCUT2D eigenvalue weighted by Gasteiger charge is -2.12. The number of aromatic amines is 2. The Labute approximate surface area is 464 Å². The first kappa shape index (κ1) is 61.9. The Morgan fingerprint density at radius 3 is 1.04 bits per heavy atom. The predicted molar refractivity (Wildman–Crippen MR) is 267 cm³/mol. The van der Waals surface area contributed by atoms with Gasteiger partial charge in [0, 0.05) is 0 Å². The number of nitrogens with one attached hydrogen (secondary N) is 2. The number of hydrogen-bond donors (Lipinski definition) is 10. The number of amides is 2. The van der Waals surface area contributed by atoms with Crippen molar-refractivity contribution in [1.82, 2.24) is 29.9 Å². The average molecular weight is 1290 g/mol. The molecule has 0 spiro atoms. The van der Waals surface area contributed by atoms with Gasteiger partial charge >= 0.3 is 55.9 Å². The molecule has 4 heterocycles. The lowest BCUT2D eigenvalue weighted by molar-refractivity contribution is -0.149. The molecule has 442 valence electrons. The van der Waals surface area contributed by atoms with Gasteiger partial charge in [-0.3, -0.25) is 47.6 Å². The van der Waals surface area contributed by atoms with E-state index in [4.69, 9.17) is 0 Å². The minimum atomic E-state index is -5.36. The summed E-state index contributed by atoms with van der Waals surface area (Å²) in [5.74, 6) is -11.3. The van der Waals surface area contributed by atoms with Gasteiger partial charge in [-0.05, 0) is 85.0 Å². The summed E-state index contributed by atoms with van der Waals surface area (Å²) in [7, 11) is -31.6. The van der Waals surface area contributed by atoms with Crippen molar-refractivity contribution < 1.29 is 126 Å². The Bertz CT molecular complexity index is 4540. The third-order valence-electron chi connectivity index (χ3n) is 10.7. The van der Waals surface area contributed by atoms with E-state index in [0.29, 0.717) is 97.1 Å². The van der Waals surface area contributed by atoms with Crippen molar-refractivity contribution >= 4 is 120 Å². The van der Waals surface area contributed by atoms with E-state index in [1.165, 1.54) is 0 Å². The van der Waals surface area contributed by atoms with E-state index < -0.39 is 204 Å². The monoisotopic (exact) mass is 1290 g/mol. The third kappa shape index (κ3) is 12.4. The summed E-state index contributed by atoms with van der Waals surface area (Å²) in [5.41, 5.74) is -13.7. The molecular weight excluding hydrogens is 1260 g/mol. The number of carbonyl (C=O) groups is 6. The molecule has 0 unspecified atom stereocenters. The van der Waals surface area contributed by atoms with Crippen LogP contribution in [-0.2, 0) is 88.5 Å². The number of H-pyrrole nitrogens is 2. The van der Waals surface area contributed by atoms with Crippen molar-refractivity contribution in [3.8, 4) is 11.4 Å². The van der Waals surface area contributed by atoms with Crippen LogP contribution in [0.5, 0.6) is 0 Å². The molecule has 0 radical (unpaired) electrons. The minimum absolute atomic E-state index is 0.116. The average Bonchev–Trinajstić information content (AvgIpc) is 2.03. The quantitative estimate of drug-likeness (QED) is 0.0301. The maximum absolute atomic E-state index is 13.4. The number of carbonyl (C=O) groups excluding carboxylic acids is 2. The molecule has 2 amide bonds. The molecule has 0 fully saturated rings. The lowest BCUT2D eigenvalue weighted by atomic mass is 10.1. The van der Waals surface area contributed by atoms with Gasteiger partial charge in [0.05, 0.1) is 53.2 Å². The van der Waals surface area contributed by atoms with Crippen LogP contribution in [0.1, 0.15) is 32.1 Å². The fourth-order valence-corrected chi connectivity index (χ4v) is 11.0. The standard InChI is InChI=1S/C40H26N8O30S6/c49-33-21(29(37(53)54)41-45(33)25-15-19(79(61,62)63)11-13-27(25)81(67,68)69)3-1-5-23-31(39(57)58)43-47(35(23)51)77-83(73,74)17-7-9-18(10-8-17)84(75,76)78-48-36(52)24(32(44-48)40(59)60)6-2-4-22-30(38(55)56)42-46(34(22)50)26-16-20(80(64,65)66)12-14-28(26)82(70,71)72/h1-16,41-42H,(H,53,54)(H,55,56)(H,57,58)(H,59,60)(H,61,62,63)(H,64,65,66)(H,67,68,69)(H,70,71,72). The lowest BCUT2D eigenvalue weighted by Crippen LogP contribution is -2.27. The Kier molecular flexibility index (Phi) is 16.1. The van der Waals surface area contributed by atoms with E-state index in [9.17, 15) is 128 Å². The van der Waals surface area contributed by atoms with E-state index in [-0.39, 0.29) is 9.36 Å². The zero-order valence-corrected chi connectivity index (χ0v) is 44.8. The first-order chi connectivity index (χ1) is 38.6. The van der Waals surface area contributed by atoms with Gasteiger partial charge in [0.15, 0.2) is 22.8 Å². The zero-order valence-electron chi connectivity index (χ0n) is 39.9. The number of aromatic nitrogens is 4. The van der Waals surface area contributed by atoms with Gasteiger partial charge in [-0.15, -0.1) is 18.8 Å². The van der Waals surface area contributed by atoms with Crippen LogP contribution in [0.4, 0.5) is 0 Å². The van der Waals surface area contributed by atoms with Crippen molar-refractivity contribution in [3.63, 3.8) is 0 Å². The summed E-state index contributed by atoms with van der Waals surface area (Å²) in [5, 5.41) is 48.6. The number of hydrazone groups is 2. The number of nitrogens with zero attached hydrogens (tertiary/aromatic N) is 6. The topological polar surface area (TPSA) is 594 Å². The molecule has 10 N–H and O–H groups in total. The number of hydroxylamine groups is 2. The molecule has 2 aliphatic rings. The second-order valence-electron chi connectivity index (χ2n) is 15.9. The molecule has 2 aromatic heterocycles. The maximum atomic E-state index is 13.4. The molecule has 0 aliphatic carbocycles. The van der Waals surface area contributed by atoms with Gasteiger partial charge in [-0.2, -0.15) is 50.5 Å². The Morgan fingerprint density at radius 2 is 0.762 bits per heavy atom. The summed E-state index contributed by atoms with van der Waals surface area (Å²) >= 11 is 0. The maximum Gasteiger partial charge on any atom is 0.357 e.